The van der Waals surface area contributed by atoms with Gasteiger partial charge < -0.3 is 4.43 Å². The highest BCUT2D eigenvalue weighted by atomic mass is 32.2. The van der Waals surface area contributed by atoms with Crippen LogP contribution in [0, 0.1) is 40.4 Å². The molecule has 218 valence electrons. The maximum Gasteiger partial charge on any atom is 0.192 e. The predicted octanol–water partition coefficient (Wildman–Crippen LogP) is 10.4. The Kier molecular flexibility index (Phi) is 9.48. The molecule has 3 saturated carbocycles. The fourth-order valence-corrected chi connectivity index (χ4v) is 11.5. The minimum Gasteiger partial charge on any atom is -0.414 e. The largest absolute Gasteiger partial charge is 0.414 e. The first-order chi connectivity index (χ1) is 17.7. The first kappa shape index (κ1) is 30.9. The number of carbonyl (C=O) groups excluding carboxylic acids is 1. The Bertz CT molecular complexity index is 874. The van der Waals surface area contributed by atoms with Crippen LogP contribution in [0.15, 0.2) is 11.6 Å². The fraction of sp³-hybridized carbons (Fsp3) is 0.912. The number of carbonyl (C=O) groups is 1. The Morgan fingerprint density at radius 2 is 1.82 bits per heavy atom. The molecule has 0 aromatic rings. The summed E-state index contributed by atoms with van der Waals surface area (Å²) in [5.41, 5.74) is 2.73. The van der Waals surface area contributed by atoms with E-state index in [1.54, 1.807) is 12.5 Å². The molecular formula is C34H60O2SSi. The lowest BCUT2D eigenvalue weighted by molar-refractivity contribution is -0.109. The van der Waals surface area contributed by atoms with E-state index in [0.29, 0.717) is 22.0 Å². The van der Waals surface area contributed by atoms with Gasteiger partial charge in [0.05, 0.1) is 0 Å². The predicted molar refractivity (Wildman–Crippen MR) is 168 cm³/mol. The lowest BCUT2D eigenvalue weighted by Crippen LogP contribution is -2.52. The van der Waals surface area contributed by atoms with Crippen LogP contribution in [0.4, 0.5) is 0 Å². The first-order valence-corrected chi connectivity index (χ1v) is 20.1. The zero-order chi connectivity index (χ0) is 27.9. The second-order valence-corrected chi connectivity index (χ2v) is 21.9. The van der Waals surface area contributed by atoms with Crippen LogP contribution < -0.4 is 0 Å². The fourth-order valence-electron chi connectivity index (χ4n) is 9.46. The quantitative estimate of drug-likeness (QED) is 0.159. The Hall–Kier alpha value is -0.0631. The van der Waals surface area contributed by atoms with Crippen molar-refractivity contribution in [1.29, 1.82) is 0 Å². The first-order valence-electron chi connectivity index (χ1n) is 16.2. The summed E-state index contributed by atoms with van der Waals surface area (Å²) in [5.74, 6) is 5.48. The Balaban J connectivity index is 1.37. The topological polar surface area (TPSA) is 26.3 Å². The van der Waals surface area contributed by atoms with Gasteiger partial charge in [-0.25, -0.2) is 0 Å². The summed E-state index contributed by atoms with van der Waals surface area (Å²) in [4.78, 5) is 11.2. The molecule has 0 aromatic carbocycles. The molecule has 4 aliphatic rings. The van der Waals surface area contributed by atoms with E-state index in [-0.39, 0.29) is 5.12 Å². The number of fused-ring (bicyclic) bond motifs is 5. The van der Waals surface area contributed by atoms with Gasteiger partial charge in [0.1, 0.15) is 0 Å². The van der Waals surface area contributed by atoms with E-state index in [1.165, 1.54) is 88.8 Å². The molecule has 4 aliphatic carbocycles. The van der Waals surface area contributed by atoms with E-state index in [1.807, 2.05) is 0 Å². The molecule has 0 amide bonds. The van der Waals surface area contributed by atoms with Crippen molar-refractivity contribution in [1.82, 2.24) is 0 Å². The van der Waals surface area contributed by atoms with Crippen molar-refractivity contribution in [2.75, 3.05) is 5.75 Å². The third-order valence-electron chi connectivity index (χ3n) is 12.7. The summed E-state index contributed by atoms with van der Waals surface area (Å²) in [6, 6.07) is 0. The lowest BCUT2D eigenvalue weighted by atomic mass is 9.47. The average Bonchev–Trinajstić information content (AvgIpc) is 3.17. The molecule has 4 heteroatoms. The molecule has 0 aromatic heterocycles. The van der Waals surface area contributed by atoms with Gasteiger partial charge >= 0.3 is 0 Å². The number of rotatable bonds is 9. The highest BCUT2D eigenvalue weighted by molar-refractivity contribution is 8.13. The third kappa shape index (κ3) is 6.08. The molecule has 4 rings (SSSR count). The second-order valence-electron chi connectivity index (χ2n) is 15.9. The van der Waals surface area contributed by atoms with Gasteiger partial charge in [0.25, 0.3) is 0 Å². The van der Waals surface area contributed by atoms with Crippen LogP contribution >= 0.6 is 11.8 Å². The van der Waals surface area contributed by atoms with Crippen molar-refractivity contribution in [3.63, 3.8) is 0 Å². The molecule has 0 spiro atoms. The molecule has 0 radical (unpaired) electrons. The van der Waals surface area contributed by atoms with Gasteiger partial charge in [-0.05, 0) is 116 Å². The number of allylic oxidation sites excluding steroid dienone is 1. The number of hydrogen-bond acceptors (Lipinski definition) is 3. The maximum absolute atomic E-state index is 11.2. The van der Waals surface area contributed by atoms with Gasteiger partial charge in [-0.15, -0.1) is 0 Å². The lowest BCUT2D eigenvalue weighted by Gasteiger charge is -2.59. The van der Waals surface area contributed by atoms with Crippen molar-refractivity contribution in [2.45, 2.75) is 150 Å². The van der Waals surface area contributed by atoms with Crippen LogP contribution in [0.5, 0.6) is 0 Å². The highest BCUT2D eigenvalue weighted by Gasteiger charge is 2.59. The summed E-state index contributed by atoms with van der Waals surface area (Å²) in [5, 5.41) is 0.558. The maximum atomic E-state index is 11.2. The number of hydrogen-bond donors (Lipinski definition) is 0. The molecule has 0 saturated heterocycles. The minimum atomic E-state index is -1.72. The summed E-state index contributed by atoms with van der Waals surface area (Å²) in [7, 11) is -1.72. The van der Waals surface area contributed by atoms with Gasteiger partial charge in [-0.2, -0.15) is 0 Å². The van der Waals surface area contributed by atoms with E-state index >= 15 is 0 Å². The van der Waals surface area contributed by atoms with Crippen molar-refractivity contribution < 1.29 is 9.22 Å². The second kappa shape index (κ2) is 11.7. The van der Waals surface area contributed by atoms with E-state index in [9.17, 15) is 4.79 Å². The van der Waals surface area contributed by atoms with E-state index in [4.69, 9.17) is 4.43 Å². The van der Waals surface area contributed by atoms with Crippen LogP contribution in [0.3, 0.4) is 0 Å². The molecule has 0 N–H and O–H groups in total. The summed E-state index contributed by atoms with van der Waals surface area (Å²) in [6.07, 6.45) is 19.3. The Morgan fingerprint density at radius 3 is 2.50 bits per heavy atom. The normalized spacial score (nSPS) is 38.1. The van der Waals surface area contributed by atoms with Crippen LogP contribution in [-0.4, -0.2) is 25.3 Å². The van der Waals surface area contributed by atoms with Crippen LogP contribution in [-0.2, 0) is 9.22 Å². The number of unbranched alkanes of at least 4 members (excludes halogenated alkanes) is 2. The summed E-state index contributed by atoms with van der Waals surface area (Å²) < 4.78 is 6.95. The van der Waals surface area contributed by atoms with E-state index < -0.39 is 8.32 Å². The molecule has 3 fully saturated rings. The molecule has 2 nitrogen and oxygen atoms in total. The van der Waals surface area contributed by atoms with Crippen molar-refractivity contribution in [3.05, 3.63) is 11.6 Å². The van der Waals surface area contributed by atoms with Crippen molar-refractivity contribution in [3.8, 4) is 0 Å². The van der Waals surface area contributed by atoms with Crippen molar-refractivity contribution >= 4 is 25.2 Å². The standard InChI is InChI=1S/C34H60O2SSi/c1-24(13-11-10-12-22-37-25(2)35)29-16-17-30-28-15-14-26-23-27(36-38(8,9)32(3,4)5)18-20-33(26,6)31(28)19-21-34(29,30)7/h14,24,27-31H,10-13,15-23H2,1-9H3/t24-,27+,28+,29-,30+,31+,33+,34-/m1/s1. The highest BCUT2D eigenvalue weighted by Crippen LogP contribution is 2.67. The summed E-state index contributed by atoms with van der Waals surface area (Å²) in [6.45, 7) is 21.6. The molecule has 38 heavy (non-hydrogen) atoms. The van der Waals surface area contributed by atoms with E-state index in [2.05, 4.69) is 60.7 Å². The van der Waals surface area contributed by atoms with Gasteiger partial charge in [-0.3, -0.25) is 4.79 Å². The minimum absolute atomic E-state index is 0.268. The molecule has 0 unspecified atom stereocenters. The molecular weight excluding hydrogens is 501 g/mol. The average molecular weight is 561 g/mol. The molecule has 0 aliphatic heterocycles. The molecule has 0 heterocycles. The van der Waals surface area contributed by atoms with Gasteiger partial charge in [-0.1, -0.05) is 84.2 Å². The monoisotopic (exact) mass is 560 g/mol. The van der Waals surface area contributed by atoms with Gasteiger partial charge in [0.2, 0.25) is 0 Å². The van der Waals surface area contributed by atoms with Crippen LogP contribution in [0.2, 0.25) is 18.1 Å². The van der Waals surface area contributed by atoms with Gasteiger partial charge in [0.15, 0.2) is 13.4 Å². The Labute approximate surface area is 241 Å². The van der Waals surface area contributed by atoms with Crippen LogP contribution in [0.25, 0.3) is 0 Å². The zero-order valence-corrected chi connectivity index (χ0v) is 28.3. The molecule has 8 atom stereocenters. The molecule has 0 bridgehead atoms. The van der Waals surface area contributed by atoms with E-state index in [0.717, 1.165) is 35.3 Å². The SMILES string of the molecule is CC(=O)SCCCCC[C@@H](C)[C@H]1CC[C@H]2[C@@H]3CC=C4C[C@@H](O[Si](C)(C)C(C)(C)C)CC[C@]4(C)[C@H]3CC[C@]12C. The number of thioether (sulfide) groups is 1. The zero-order valence-electron chi connectivity index (χ0n) is 26.5. The van der Waals surface area contributed by atoms with Crippen molar-refractivity contribution in [2.24, 2.45) is 40.4 Å². The van der Waals surface area contributed by atoms with Gasteiger partial charge in [0, 0.05) is 18.8 Å². The third-order valence-corrected chi connectivity index (χ3v) is 18.1. The smallest absolute Gasteiger partial charge is 0.192 e. The summed E-state index contributed by atoms with van der Waals surface area (Å²) >= 11 is 1.50. The van der Waals surface area contributed by atoms with Crippen LogP contribution in [0.1, 0.15) is 126 Å². The Morgan fingerprint density at radius 1 is 1.08 bits per heavy atom.